The molecule has 2 aliphatic rings. The standard InChI is InChI=1S/C16H14N2O/c17-14-11-6-2-1-5-10(11)9-16(14)12-7-3-4-8-13(12)18-15(16)19/h1-8,14H,9,17H2,(H,18,19). The maximum absolute atomic E-state index is 12.5. The van der Waals surface area contributed by atoms with Crippen LogP contribution in [0.3, 0.4) is 0 Å². The van der Waals surface area contributed by atoms with E-state index in [1.54, 1.807) is 0 Å². The fourth-order valence-corrected chi connectivity index (χ4v) is 3.50. The highest BCUT2D eigenvalue weighted by atomic mass is 16.2. The van der Waals surface area contributed by atoms with Crippen molar-refractivity contribution in [3.8, 4) is 0 Å². The van der Waals surface area contributed by atoms with Gasteiger partial charge in [-0.1, -0.05) is 42.5 Å². The molecule has 1 aliphatic heterocycles. The van der Waals surface area contributed by atoms with Gasteiger partial charge in [-0.25, -0.2) is 0 Å². The summed E-state index contributed by atoms with van der Waals surface area (Å²) in [7, 11) is 0. The zero-order valence-corrected chi connectivity index (χ0v) is 10.4. The molecule has 0 fully saturated rings. The lowest BCUT2D eigenvalue weighted by Crippen LogP contribution is -2.42. The van der Waals surface area contributed by atoms with Crippen LogP contribution < -0.4 is 11.1 Å². The zero-order chi connectivity index (χ0) is 13.0. The van der Waals surface area contributed by atoms with Gasteiger partial charge in [-0.3, -0.25) is 4.79 Å². The first-order valence-electron chi connectivity index (χ1n) is 6.48. The molecule has 0 bridgehead atoms. The number of nitrogens with one attached hydrogen (secondary N) is 1. The van der Waals surface area contributed by atoms with Crippen molar-refractivity contribution in [2.75, 3.05) is 5.32 Å². The number of carbonyl (C=O) groups excluding carboxylic acids is 1. The second-order valence-corrected chi connectivity index (χ2v) is 5.32. The quantitative estimate of drug-likeness (QED) is 0.752. The van der Waals surface area contributed by atoms with Crippen molar-refractivity contribution in [1.29, 1.82) is 0 Å². The van der Waals surface area contributed by atoms with Crippen molar-refractivity contribution in [1.82, 2.24) is 0 Å². The van der Waals surface area contributed by atoms with Crippen LogP contribution in [0.2, 0.25) is 0 Å². The molecule has 0 aromatic heterocycles. The topological polar surface area (TPSA) is 55.1 Å². The molecule has 94 valence electrons. The summed E-state index contributed by atoms with van der Waals surface area (Å²) in [5.41, 5.74) is 10.0. The molecule has 0 saturated heterocycles. The molecular formula is C16H14N2O. The van der Waals surface area contributed by atoms with Crippen molar-refractivity contribution < 1.29 is 4.79 Å². The molecule has 2 aromatic carbocycles. The summed E-state index contributed by atoms with van der Waals surface area (Å²) >= 11 is 0. The van der Waals surface area contributed by atoms with E-state index in [4.69, 9.17) is 5.73 Å². The van der Waals surface area contributed by atoms with E-state index < -0.39 is 5.41 Å². The van der Waals surface area contributed by atoms with E-state index in [0.29, 0.717) is 6.42 Å². The Balaban J connectivity index is 1.96. The van der Waals surface area contributed by atoms with Crippen LogP contribution >= 0.6 is 0 Å². The second kappa shape index (κ2) is 3.45. The molecule has 4 rings (SSSR count). The normalized spacial score (nSPS) is 27.2. The predicted molar refractivity (Wildman–Crippen MR) is 73.8 cm³/mol. The Morgan fingerprint density at radius 2 is 1.84 bits per heavy atom. The number of hydrogen-bond acceptors (Lipinski definition) is 2. The maximum atomic E-state index is 12.5. The Morgan fingerprint density at radius 1 is 1.11 bits per heavy atom. The van der Waals surface area contributed by atoms with E-state index in [1.807, 2.05) is 42.5 Å². The van der Waals surface area contributed by atoms with Gasteiger partial charge in [0.05, 0.1) is 5.41 Å². The van der Waals surface area contributed by atoms with E-state index in [1.165, 1.54) is 5.56 Å². The van der Waals surface area contributed by atoms with Crippen LogP contribution in [0.1, 0.15) is 22.7 Å². The number of benzene rings is 2. The third kappa shape index (κ3) is 1.18. The summed E-state index contributed by atoms with van der Waals surface area (Å²) in [6.45, 7) is 0. The molecule has 0 saturated carbocycles. The molecule has 19 heavy (non-hydrogen) atoms. The third-order valence-corrected chi connectivity index (χ3v) is 4.45. The predicted octanol–water partition coefficient (Wildman–Crippen LogP) is 2.13. The van der Waals surface area contributed by atoms with Crippen molar-refractivity contribution >= 4 is 11.6 Å². The van der Waals surface area contributed by atoms with Gasteiger partial charge in [-0.05, 0) is 29.2 Å². The molecule has 3 heteroatoms. The first kappa shape index (κ1) is 10.8. The molecule has 0 radical (unpaired) electrons. The number of para-hydroxylation sites is 1. The van der Waals surface area contributed by atoms with Crippen LogP contribution in [-0.4, -0.2) is 5.91 Å². The van der Waals surface area contributed by atoms with Crippen LogP contribution in [0.15, 0.2) is 48.5 Å². The van der Waals surface area contributed by atoms with Gasteiger partial charge in [-0.15, -0.1) is 0 Å². The Morgan fingerprint density at radius 3 is 2.68 bits per heavy atom. The fourth-order valence-electron chi connectivity index (χ4n) is 3.50. The second-order valence-electron chi connectivity index (χ2n) is 5.32. The van der Waals surface area contributed by atoms with Gasteiger partial charge in [0, 0.05) is 11.7 Å². The number of anilines is 1. The Kier molecular flexibility index (Phi) is 1.96. The number of hydrogen-bond donors (Lipinski definition) is 2. The fraction of sp³-hybridized carbons (Fsp3) is 0.188. The van der Waals surface area contributed by atoms with E-state index in [0.717, 1.165) is 16.8 Å². The Hall–Kier alpha value is -2.13. The summed E-state index contributed by atoms with van der Waals surface area (Å²) in [6, 6.07) is 15.7. The summed E-state index contributed by atoms with van der Waals surface area (Å²) in [5, 5.41) is 2.98. The number of fused-ring (bicyclic) bond motifs is 3. The number of rotatable bonds is 0. The SMILES string of the molecule is NC1c2ccccc2CC12C(=O)Nc1ccccc12. The summed E-state index contributed by atoms with van der Waals surface area (Å²) in [6.07, 6.45) is 0.688. The average Bonchev–Trinajstić information content (AvgIpc) is 2.89. The van der Waals surface area contributed by atoms with Gasteiger partial charge in [0.1, 0.15) is 0 Å². The molecule has 3 nitrogen and oxygen atoms in total. The van der Waals surface area contributed by atoms with Crippen molar-refractivity contribution in [3.05, 3.63) is 65.2 Å². The molecule has 2 aromatic rings. The summed E-state index contributed by atoms with van der Waals surface area (Å²) < 4.78 is 0. The first-order chi connectivity index (χ1) is 9.23. The minimum absolute atomic E-state index is 0.0254. The van der Waals surface area contributed by atoms with Gasteiger partial charge in [0.25, 0.3) is 0 Å². The Labute approximate surface area is 111 Å². The molecule has 1 aliphatic carbocycles. The van der Waals surface area contributed by atoms with Crippen LogP contribution in [0.25, 0.3) is 0 Å². The van der Waals surface area contributed by atoms with E-state index >= 15 is 0 Å². The molecule has 1 heterocycles. The number of carbonyl (C=O) groups is 1. The van der Waals surface area contributed by atoms with E-state index in [2.05, 4.69) is 11.4 Å². The van der Waals surface area contributed by atoms with Crippen LogP contribution in [0, 0.1) is 0 Å². The molecule has 3 N–H and O–H groups in total. The monoisotopic (exact) mass is 250 g/mol. The lowest BCUT2D eigenvalue weighted by atomic mass is 9.76. The van der Waals surface area contributed by atoms with Gasteiger partial charge in [-0.2, -0.15) is 0 Å². The highest BCUT2D eigenvalue weighted by Gasteiger charge is 2.55. The molecular weight excluding hydrogens is 236 g/mol. The molecule has 2 atom stereocenters. The number of nitrogens with two attached hydrogens (primary N) is 1. The zero-order valence-electron chi connectivity index (χ0n) is 10.4. The minimum atomic E-state index is -0.625. The maximum Gasteiger partial charge on any atom is 0.237 e. The smallest absolute Gasteiger partial charge is 0.237 e. The Bertz CT molecular complexity index is 695. The van der Waals surface area contributed by atoms with Crippen LogP contribution in [0.5, 0.6) is 0 Å². The van der Waals surface area contributed by atoms with Gasteiger partial charge in [0.2, 0.25) is 5.91 Å². The molecule has 2 unspecified atom stereocenters. The van der Waals surface area contributed by atoms with Crippen molar-refractivity contribution in [2.24, 2.45) is 5.73 Å². The third-order valence-electron chi connectivity index (χ3n) is 4.45. The van der Waals surface area contributed by atoms with E-state index in [9.17, 15) is 4.79 Å². The van der Waals surface area contributed by atoms with E-state index in [-0.39, 0.29) is 11.9 Å². The molecule has 1 amide bonds. The minimum Gasteiger partial charge on any atom is -0.325 e. The molecule has 1 spiro atoms. The van der Waals surface area contributed by atoms with Crippen LogP contribution in [0.4, 0.5) is 5.69 Å². The first-order valence-corrected chi connectivity index (χ1v) is 6.48. The lowest BCUT2D eigenvalue weighted by molar-refractivity contribution is -0.121. The highest BCUT2D eigenvalue weighted by molar-refractivity contribution is 6.07. The summed E-state index contributed by atoms with van der Waals surface area (Å²) in [4.78, 5) is 12.5. The lowest BCUT2D eigenvalue weighted by Gasteiger charge is -2.26. The average molecular weight is 250 g/mol. The van der Waals surface area contributed by atoms with Crippen LogP contribution in [-0.2, 0) is 16.6 Å². The largest absolute Gasteiger partial charge is 0.325 e. The van der Waals surface area contributed by atoms with Crippen molar-refractivity contribution in [3.63, 3.8) is 0 Å². The van der Waals surface area contributed by atoms with Gasteiger partial charge < -0.3 is 11.1 Å². The highest BCUT2D eigenvalue weighted by Crippen LogP contribution is 2.52. The van der Waals surface area contributed by atoms with Crippen molar-refractivity contribution in [2.45, 2.75) is 17.9 Å². The van der Waals surface area contributed by atoms with Gasteiger partial charge in [0.15, 0.2) is 0 Å². The number of amides is 1. The summed E-state index contributed by atoms with van der Waals surface area (Å²) in [5.74, 6) is 0.0254. The van der Waals surface area contributed by atoms with Gasteiger partial charge >= 0.3 is 0 Å².